The van der Waals surface area contributed by atoms with Crippen molar-refractivity contribution in [3.05, 3.63) is 69.7 Å². The highest BCUT2D eigenvalue weighted by Gasteiger charge is 2.30. The minimum absolute atomic E-state index is 0.0269. The lowest BCUT2D eigenvalue weighted by atomic mass is 10.0. The quantitative estimate of drug-likeness (QED) is 0.638. The Morgan fingerprint density at radius 2 is 2.03 bits per heavy atom. The monoisotopic (exact) mass is 447 g/mol. The van der Waals surface area contributed by atoms with Crippen LogP contribution in [0.5, 0.6) is 0 Å². The Hall–Kier alpha value is -2.42. The molecule has 150 valence electrons. The van der Waals surface area contributed by atoms with Gasteiger partial charge in [-0.05, 0) is 49.6 Å². The van der Waals surface area contributed by atoms with Crippen molar-refractivity contribution < 1.29 is 13.2 Å². The van der Waals surface area contributed by atoms with E-state index in [2.05, 4.69) is 10.3 Å². The van der Waals surface area contributed by atoms with E-state index in [1.807, 2.05) is 25.1 Å². The number of amides is 1. The molecule has 0 fully saturated rings. The van der Waals surface area contributed by atoms with Gasteiger partial charge in [-0.25, -0.2) is 13.4 Å². The van der Waals surface area contributed by atoms with Gasteiger partial charge in [-0.2, -0.15) is 0 Å². The molecule has 6 nitrogen and oxygen atoms in total. The summed E-state index contributed by atoms with van der Waals surface area (Å²) in [5.74, 6) is -0.500. The fourth-order valence-electron chi connectivity index (χ4n) is 3.29. The van der Waals surface area contributed by atoms with Crippen LogP contribution in [0.4, 0.5) is 10.8 Å². The van der Waals surface area contributed by atoms with E-state index in [4.69, 9.17) is 11.6 Å². The Kier molecular flexibility index (Phi) is 5.33. The first-order chi connectivity index (χ1) is 13.9. The summed E-state index contributed by atoms with van der Waals surface area (Å²) in [7, 11) is -3.84. The summed E-state index contributed by atoms with van der Waals surface area (Å²) in [5, 5.41) is 3.28. The molecule has 0 unspecified atom stereocenters. The van der Waals surface area contributed by atoms with Crippen molar-refractivity contribution in [2.24, 2.45) is 0 Å². The van der Waals surface area contributed by atoms with Gasteiger partial charge in [0, 0.05) is 17.6 Å². The predicted molar refractivity (Wildman–Crippen MR) is 116 cm³/mol. The van der Waals surface area contributed by atoms with Crippen LogP contribution in [-0.4, -0.2) is 25.9 Å². The summed E-state index contributed by atoms with van der Waals surface area (Å²) >= 11 is 7.52. The van der Waals surface area contributed by atoms with E-state index < -0.39 is 15.9 Å². The number of anilines is 2. The lowest BCUT2D eigenvalue weighted by molar-refractivity contribution is 0.102. The number of fused-ring (bicyclic) bond motifs is 1. The highest BCUT2D eigenvalue weighted by molar-refractivity contribution is 7.92. The minimum Gasteiger partial charge on any atom is -0.298 e. The highest BCUT2D eigenvalue weighted by Crippen LogP contribution is 2.33. The maximum absolute atomic E-state index is 13.3. The molecular weight excluding hydrogens is 430 g/mol. The van der Waals surface area contributed by atoms with Crippen LogP contribution < -0.4 is 9.62 Å². The molecule has 9 heteroatoms. The number of carbonyl (C=O) groups excluding carboxylic acids is 1. The van der Waals surface area contributed by atoms with Crippen molar-refractivity contribution >= 4 is 49.7 Å². The van der Waals surface area contributed by atoms with Crippen molar-refractivity contribution in [1.29, 1.82) is 0 Å². The molecule has 0 atom stereocenters. The molecule has 2 aromatic carbocycles. The van der Waals surface area contributed by atoms with Crippen LogP contribution in [0.2, 0.25) is 5.02 Å². The standard InChI is InChI=1S/C20H18ClN3O3S2/c1-13-12-22-20(28-13)23-19(25)16-11-15(8-9-17(16)21)29(26,27)24-10-4-6-14-5-2-3-7-18(14)24/h2-3,5,7-9,11-12H,4,6,10H2,1H3,(H,22,23,25). The zero-order chi connectivity index (χ0) is 20.6. The fourth-order valence-corrected chi connectivity index (χ4v) is 5.72. The number of rotatable bonds is 4. The number of aromatic nitrogens is 1. The molecule has 1 aliphatic heterocycles. The molecule has 0 bridgehead atoms. The Balaban J connectivity index is 1.69. The maximum atomic E-state index is 13.3. The molecule has 29 heavy (non-hydrogen) atoms. The normalized spacial score (nSPS) is 13.8. The zero-order valence-corrected chi connectivity index (χ0v) is 17.9. The van der Waals surface area contributed by atoms with Crippen LogP contribution in [0.15, 0.2) is 53.6 Å². The number of hydrogen-bond donors (Lipinski definition) is 1. The van der Waals surface area contributed by atoms with Gasteiger partial charge in [0.15, 0.2) is 5.13 Å². The van der Waals surface area contributed by atoms with E-state index in [9.17, 15) is 13.2 Å². The number of hydrogen-bond acceptors (Lipinski definition) is 5. The van der Waals surface area contributed by atoms with Crippen LogP contribution in [0.25, 0.3) is 0 Å². The number of carbonyl (C=O) groups is 1. The molecule has 4 rings (SSSR count). The summed E-state index contributed by atoms with van der Waals surface area (Å²) in [6.07, 6.45) is 3.22. The van der Waals surface area contributed by atoms with Gasteiger partial charge < -0.3 is 0 Å². The first-order valence-corrected chi connectivity index (χ1v) is 11.6. The Bertz CT molecular complexity index is 1190. The first-order valence-electron chi connectivity index (χ1n) is 9.00. The number of nitrogens with one attached hydrogen (secondary N) is 1. The number of thiazole rings is 1. The third-order valence-electron chi connectivity index (χ3n) is 4.68. The molecule has 0 saturated heterocycles. The van der Waals surface area contributed by atoms with E-state index in [1.54, 1.807) is 12.3 Å². The second-order valence-corrected chi connectivity index (χ2v) is 10.2. The third kappa shape index (κ3) is 3.88. The molecule has 2 heterocycles. The summed E-state index contributed by atoms with van der Waals surface area (Å²) in [5.41, 5.74) is 1.76. The third-order valence-corrected chi connectivity index (χ3v) is 7.65. The van der Waals surface area contributed by atoms with Gasteiger partial charge in [0.2, 0.25) is 0 Å². The molecule has 1 N–H and O–H groups in total. The minimum atomic E-state index is -3.84. The van der Waals surface area contributed by atoms with Gasteiger partial charge in [-0.1, -0.05) is 29.8 Å². The van der Waals surface area contributed by atoms with Crippen LogP contribution in [0.3, 0.4) is 0 Å². The smallest absolute Gasteiger partial charge is 0.264 e. The predicted octanol–water partition coefficient (Wildman–Crippen LogP) is 4.50. The molecule has 3 aromatic rings. The molecule has 0 saturated carbocycles. The van der Waals surface area contributed by atoms with Crippen LogP contribution in [0, 0.1) is 6.92 Å². The molecule has 0 spiro atoms. The summed E-state index contributed by atoms with van der Waals surface area (Å²) in [6, 6.07) is 11.7. The van der Waals surface area contributed by atoms with Gasteiger partial charge in [0.1, 0.15) is 0 Å². The maximum Gasteiger partial charge on any atom is 0.264 e. The van der Waals surface area contributed by atoms with Crippen LogP contribution in [0.1, 0.15) is 27.2 Å². The lowest BCUT2D eigenvalue weighted by Gasteiger charge is -2.30. The van der Waals surface area contributed by atoms with Crippen molar-refractivity contribution in [3.8, 4) is 0 Å². The lowest BCUT2D eigenvalue weighted by Crippen LogP contribution is -2.35. The Labute approximate surface area is 178 Å². The van der Waals surface area contributed by atoms with E-state index in [-0.39, 0.29) is 15.5 Å². The largest absolute Gasteiger partial charge is 0.298 e. The van der Waals surface area contributed by atoms with Crippen molar-refractivity contribution in [2.75, 3.05) is 16.2 Å². The number of benzene rings is 2. The van der Waals surface area contributed by atoms with Gasteiger partial charge in [-0.3, -0.25) is 14.4 Å². The number of para-hydroxylation sites is 1. The van der Waals surface area contributed by atoms with E-state index >= 15 is 0 Å². The van der Waals surface area contributed by atoms with E-state index in [0.717, 1.165) is 23.3 Å². The van der Waals surface area contributed by atoms with E-state index in [0.29, 0.717) is 17.4 Å². The number of halogens is 1. The SMILES string of the molecule is Cc1cnc(NC(=O)c2cc(S(=O)(=O)N3CCCc4ccccc43)ccc2Cl)s1. The molecule has 1 amide bonds. The van der Waals surface area contributed by atoms with Crippen LogP contribution in [-0.2, 0) is 16.4 Å². The molecule has 0 aliphatic carbocycles. The first kappa shape index (κ1) is 19.9. The Morgan fingerprint density at radius 1 is 1.24 bits per heavy atom. The van der Waals surface area contributed by atoms with Crippen LogP contribution >= 0.6 is 22.9 Å². The molecule has 1 aliphatic rings. The van der Waals surface area contributed by atoms with Crippen molar-refractivity contribution in [3.63, 3.8) is 0 Å². The highest BCUT2D eigenvalue weighted by atomic mass is 35.5. The van der Waals surface area contributed by atoms with Gasteiger partial charge in [-0.15, -0.1) is 11.3 Å². The Morgan fingerprint density at radius 3 is 2.79 bits per heavy atom. The van der Waals surface area contributed by atoms with Gasteiger partial charge in [0.25, 0.3) is 15.9 Å². The second-order valence-electron chi connectivity index (χ2n) is 6.68. The molecule has 1 aromatic heterocycles. The average molecular weight is 448 g/mol. The summed E-state index contributed by atoms with van der Waals surface area (Å²) < 4.78 is 28.1. The summed E-state index contributed by atoms with van der Waals surface area (Å²) in [6.45, 7) is 2.27. The number of sulfonamides is 1. The summed E-state index contributed by atoms with van der Waals surface area (Å²) in [4.78, 5) is 17.7. The average Bonchev–Trinajstić information content (AvgIpc) is 3.12. The zero-order valence-electron chi connectivity index (χ0n) is 15.6. The fraction of sp³-hybridized carbons (Fsp3) is 0.200. The molecule has 0 radical (unpaired) electrons. The molecular formula is C20H18ClN3O3S2. The van der Waals surface area contributed by atoms with Gasteiger partial charge >= 0.3 is 0 Å². The number of nitrogens with zero attached hydrogens (tertiary/aromatic N) is 2. The van der Waals surface area contributed by atoms with Crippen molar-refractivity contribution in [2.45, 2.75) is 24.7 Å². The second kappa shape index (κ2) is 7.78. The van der Waals surface area contributed by atoms with Crippen molar-refractivity contribution in [1.82, 2.24) is 4.98 Å². The van der Waals surface area contributed by atoms with E-state index in [1.165, 1.54) is 33.8 Å². The topological polar surface area (TPSA) is 79.4 Å². The van der Waals surface area contributed by atoms with Gasteiger partial charge in [0.05, 0.1) is 21.2 Å². The number of aryl methyl sites for hydroxylation is 2.